The molecule has 2 aromatic rings. The number of ketones is 1. The molecule has 1 aliphatic heterocycles. The number of hydrogen-bond donors (Lipinski definition) is 1. The molecule has 0 unspecified atom stereocenters. The van der Waals surface area contributed by atoms with Gasteiger partial charge in [0.2, 0.25) is 0 Å². The first-order valence-corrected chi connectivity index (χ1v) is 10.2. The van der Waals surface area contributed by atoms with Crippen molar-refractivity contribution < 1.29 is 23.5 Å². The van der Waals surface area contributed by atoms with Crippen LogP contribution >= 0.6 is 11.3 Å². The number of nitrogens with one attached hydrogen (secondary N) is 1. The molecule has 1 fully saturated rings. The molecule has 0 atom stereocenters. The number of rotatable bonds is 7. The minimum absolute atomic E-state index is 0.166. The highest BCUT2D eigenvalue weighted by atomic mass is 32.1. The molecule has 0 spiro atoms. The van der Waals surface area contributed by atoms with Crippen molar-refractivity contribution in [3.05, 3.63) is 39.7 Å². The fourth-order valence-corrected chi connectivity index (χ4v) is 4.38. The summed E-state index contributed by atoms with van der Waals surface area (Å²) in [5, 5.41) is 3.00. The Hall–Kier alpha value is -2.45. The van der Waals surface area contributed by atoms with E-state index in [-0.39, 0.29) is 23.7 Å². The van der Waals surface area contributed by atoms with Crippen LogP contribution in [0.2, 0.25) is 0 Å². The molecule has 0 radical (unpaired) electrons. The fourth-order valence-electron chi connectivity index (χ4n) is 3.30. The average molecular weight is 404 g/mol. The standard InChI is InChI=1S/C20H24N2O5S/c1-4-26-20(25)16-12(2)17(13(3)23)28-19(16)21-18(24)15-8-7-14(27-15)11-22-9-5-6-10-22/h7-8H,4-6,9-11H2,1-3H3,(H,21,24). The van der Waals surface area contributed by atoms with Crippen LogP contribution in [0.25, 0.3) is 0 Å². The molecule has 0 aromatic carbocycles. The maximum atomic E-state index is 12.6. The lowest BCUT2D eigenvalue weighted by Crippen LogP contribution is -2.18. The zero-order valence-corrected chi connectivity index (χ0v) is 17.1. The highest BCUT2D eigenvalue weighted by molar-refractivity contribution is 7.18. The summed E-state index contributed by atoms with van der Waals surface area (Å²) in [5.74, 6) is -0.300. The number of furan rings is 1. The van der Waals surface area contributed by atoms with Gasteiger partial charge in [-0.3, -0.25) is 14.5 Å². The lowest BCUT2D eigenvalue weighted by molar-refractivity contribution is 0.0527. The predicted molar refractivity (Wildman–Crippen MR) is 106 cm³/mol. The number of carbonyl (C=O) groups is 3. The molecule has 28 heavy (non-hydrogen) atoms. The molecule has 1 aliphatic rings. The van der Waals surface area contributed by atoms with E-state index >= 15 is 0 Å². The molecule has 3 rings (SSSR count). The highest BCUT2D eigenvalue weighted by Gasteiger charge is 2.26. The van der Waals surface area contributed by atoms with Gasteiger partial charge < -0.3 is 14.5 Å². The normalized spacial score (nSPS) is 14.2. The molecule has 1 saturated heterocycles. The third kappa shape index (κ3) is 4.34. The van der Waals surface area contributed by atoms with Crippen molar-refractivity contribution >= 4 is 34.0 Å². The van der Waals surface area contributed by atoms with E-state index in [0.717, 1.165) is 30.2 Å². The number of carbonyl (C=O) groups excluding carboxylic acids is 3. The SMILES string of the molecule is CCOC(=O)c1c(NC(=O)c2ccc(CN3CCCC3)o2)sc(C(C)=O)c1C. The third-order valence-electron chi connectivity index (χ3n) is 4.64. The Morgan fingerprint density at radius 2 is 1.96 bits per heavy atom. The number of Topliss-reactive ketones (excluding diaryl/α,β-unsaturated/α-hetero) is 1. The van der Waals surface area contributed by atoms with Gasteiger partial charge in [-0.1, -0.05) is 0 Å². The molecule has 0 aliphatic carbocycles. The number of ether oxygens (including phenoxy) is 1. The van der Waals surface area contributed by atoms with E-state index in [1.807, 2.05) is 0 Å². The summed E-state index contributed by atoms with van der Waals surface area (Å²) in [6, 6.07) is 3.41. The summed E-state index contributed by atoms with van der Waals surface area (Å²) in [5.41, 5.74) is 0.731. The predicted octanol–water partition coefficient (Wildman–Crippen LogP) is 3.88. The number of thiophene rings is 1. The van der Waals surface area contributed by atoms with Crippen molar-refractivity contribution in [1.82, 2.24) is 4.90 Å². The van der Waals surface area contributed by atoms with Gasteiger partial charge in [-0.05, 0) is 64.4 Å². The molecule has 7 nitrogen and oxygen atoms in total. The highest BCUT2D eigenvalue weighted by Crippen LogP contribution is 2.34. The number of amides is 1. The molecule has 1 amide bonds. The zero-order chi connectivity index (χ0) is 20.3. The maximum absolute atomic E-state index is 12.6. The van der Waals surface area contributed by atoms with Gasteiger partial charge in [-0.2, -0.15) is 0 Å². The summed E-state index contributed by atoms with van der Waals surface area (Å²) in [4.78, 5) is 39.5. The van der Waals surface area contributed by atoms with Crippen LogP contribution in [0.5, 0.6) is 0 Å². The molecule has 150 valence electrons. The second-order valence-electron chi connectivity index (χ2n) is 6.74. The Kier molecular flexibility index (Phi) is 6.31. The van der Waals surface area contributed by atoms with E-state index in [0.29, 0.717) is 22.0 Å². The van der Waals surface area contributed by atoms with Crippen LogP contribution in [0, 0.1) is 6.92 Å². The zero-order valence-electron chi connectivity index (χ0n) is 16.3. The van der Waals surface area contributed by atoms with E-state index in [1.54, 1.807) is 26.0 Å². The molecular formula is C20H24N2O5S. The summed E-state index contributed by atoms with van der Waals surface area (Å²) >= 11 is 1.07. The Morgan fingerprint density at radius 1 is 1.25 bits per heavy atom. The third-order valence-corrected chi connectivity index (χ3v) is 5.94. The van der Waals surface area contributed by atoms with E-state index in [1.165, 1.54) is 19.8 Å². The van der Waals surface area contributed by atoms with E-state index in [4.69, 9.17) is 9.15 Å². The van der Waals surface area contributed by atoms with Crippen LogP contribution in [0.3, 0.4) is 0 Å². The van der Waals surface area contributed by atoms with Crippen LogP contribution in [-0.4, -0.2) is 42.3 Å². The van der Waals surface area contributed by atoms with Gasteiger partial charge >= 0.3 is 5.97 Å². The molecule has 1 N–H and O–H groups in total. The second kappa shape index (κ2) is 8.70. The second-order valence-corrected chi connectivity index (χ2v) is 7.76. The van der Waals surface area contributed by atoms with Crippen LogP contribution < -0.4 is 5.32 Å². The number of nitrogens with zero attached hydrogens (tertiary/aromatic N) is 1. The summed E-state index contributed by atoms with van der Waals surface area (Å²) in [6.45, 7) is 7.75. The van der Waals surface area contributed by atoms with E-state index in [2.05, 4.69) is 10.2 Å². The molecular weight excluding hydrogens is 380 g/mol. The first kappa shape index (κ1) is 20.3. The lowest BCUT2D eigenvalue weighted by atomic mass is 10.1. The Bertz CT molecular complexity index is 893. The van der Waals surface area contributed by atoms with Crippen molar-refractivity contribution in [3.8, 4) is 0 Å². The van der Waals surface area contributed by atoms with Gasteiger partial charge in [-0.15, -0.1) is 11.3 Å². The van der Waals surface area contributed by atoms with Gasteiger partial charge in [0.15, 0.2) is 11.5 Å². The van der Waals surface area contributed by atoms with Crippen molar-refractivity contribution in [2.24, 2.45) is 0 Å². The minimum atomic E-state index is -0.562. The van der Waals surface area contributed by atoms with Crippen molar-refractivity contribution in [2.75, 3.05) is 25.0 Å². The summed E-state index contributed by atoms with van der Waals surface area (Å²) in [7, 11) is 0. The smallest absolute Gasteiger partial charge is 0.341 e. The Labute approximate surface area is 167 Å². The monoisotopic (exact) mass is 404 g/mol. The molecule has 8 heteroatoms. The number of anilines is 1. The van der Waals surface area contributed by atoms with Crippen molar-refractivity contribution in [1.29, 1.82) is 0 Å². The van der Waals surface area contributed by atoms with Crippen LogP contribution in [0.4, 0.5) is 5.00 Å². The number of hydrogen-bond acceptors (Lipinski definition) is 7. The number of esters is 1. The van der Waals surface area contributed by atoms with Crippen LogP contribution in [0.15, 0.2) is 16.5 Å². The minimum Gasteiger partial charge on any atom is -0.462 e. The van der Waals surface area contributed by atoms with E-state index < -0.39 is 11.9 Å². The average Bonchev–Trinajstić information content (AvgIpc) is 3.36. The molecule has 3 heterocycles. The summed E-state index contributed by atoms with van der Waals surface area (Å²) in [6.07, 6.45) is 2.36. The quantitative estimate of drug-likeness (QED) is 0.557. The van der Waals surface area contributed by atoms with E-state index in [9.17, 15) is 14.4 Å². The van der Waals surface area contributed by atoms with Gasteiger partial charge in [-0.25, -0.2) is 4.79 Å². The van der Waals surface area contributed by atoms with Crippen LogP contribution in [-0.2, 0) is 11.3 Å². The fraction of sp³-hybridized carbons (Fsp3) is 0.450. The van der Waals surface area contributed by atoms with Crippen molar-refractivity contribution in [3.63, 3.8) is 0 Å². The summed E-state index contributed by atoms with van der Waals surface area (Å²) < 4.78 is 10.8. The number of likely N-dealkylation sites (tertiary alicyclic amines) is 1. The van der Waals surface area contributed by atoms with Gasteiger partial charge in [0.05, 0.1) is 23.6 Å². The first-order chi connectivity index (χ1) is 13.4. The van der Waals surface area contributed by atoms with Gasteiger partial charge in [0.1, 0.15) is 10.8 Å². The Morgan fingerprint density at radius 3 is 2.61 bits per heavy atom. The Balaban J connectivity index is 1.79. The van der Waals surface area contributed by atoms with Gasteiger partial charge in [0, 0.05) is 0 Å². The molecule has 0 bridgehead atoms. The van der Waals surface area contributed by atoms with Crippen LogP contribution in [0.1, 0.15) is 68.6 Å². The maximum Gasteiger partial charge on any atom is 0.341 e. The molecule has 2 aromatic heterocycles. The topological polar surface area (TPSA) is 88.8 Å². The first-order valence-electron chi connectivity index (χ1n) is 9.34. The largest absolute Gasteiger partial charge is 0.462 e. The van der Waals surface area contributed by atoms with Crippen molar-refractivity contribution in [2.45, 2.75) is 40.2 Å². The lowest BCUT2D eigenvalue weighted by Gasteiger charge is -2.11. The molecule has 0 saturated carbocycles. The van der Waals surface area contributed by atoms with Gasteiger partial charge in [0.25, 0.3) is 5.91 Å².